The standard InChI is InChI=1S/C21H26N6O4S/c1-4-26-11-15(20(25-26)29-6-3)19-23-24-21(27(19)5-2)32-12-18(28)22-10-14-7-8-16-17(9-14)31-13-30-16/h7-9,11H,4-6,10,12-13H2,1-3H3,(H,22,28). The Morgan fingerprint density at radius 1 is 1.19 bits per heavy atom. The van der Waals surface area contributed by atoms with Crippen molar-refractivity contribution < 1.29 is 19.0 Å². The van der Waals surface area contributed by atoms with Gasteiger partial charge in [0.05, 0.1) is 12.4 Å². The van der Waals surface area contributed by atoms with Crippen LogP contribution in [0, 0.1) is 0 Å². The van der Waals surface area contributed by atoms with Crippen LogP contribution in [-0.4, -0.2) is 49.6 Å². The van der Waals surface area contributed by atoms with Gasteiger partial charge in [0.1, 0.15) is 5.56 Å². The molecule has 0 saturated carbocycles. The van der Waals surface area contributed by atoms with E-state index in [1.165, 1.54) is 11.8 Å². The van der Waals surface area contributed by atoms with Gasteiger partial charge in [-0.25, -0.2) is 0 Å². The van der Waals surface area contributed by atoms with Crippen LogP contribution in [0.25, 0.3) is 11.4 Å². The molecule has 2 aromatic heterocycles. The fourth-order valence-corrected chi connectivity index (χ4v) is 4.11. The van der Waals surface area contributed by atoms with Gasteiger partial charge in [-0.1, -0.05) is 17.8 Å². The summed E-state index contributed by atoms with van der Waals surface area (Å²) in [6.45, 7) is 8.49. The molecule has 170 valence electrons. The van der Waals surface area contributed by atoms with Crippen LogP contribution in [0.1, 0.15) is 26.3 Å². The molecule has 3 aromatic rings. The van der Waals surface area contributed by atoms with E-state index in [9.17, 15) is 4.79 Å². The number of aromatic nitrogens is 5. The van der Waals surface area contributed by atoms with Crippen LogP contribution >= 0.6 is 11.8 Å². The number of hydrogen-bond acceptors (Lipinski definition) is 8. The first-order valence-electron chi connectivity index (χ1n) is 10.5. The molecule has 32 heavy (non-hydrogen) atoms. The van der Waals surface area contributed by atoms with Gasteiger partial charge >= 0.3 is 0 Å². The van der Waals surface area contributed by atoms with Crippen LogP contribution in [0.3, 0.4) is 0 Å². The summed E-state index contributed by atoms with van der Waals surface area (Å²) in [7, 11) is 0. The lowest BCUT2D eigenvalue weighted by Gasteiger charge is -2.08. The zero-order valence-corrected chi connectivity index (χ0v) is 19.1. The fraction of sp³-hybridized carbons (Fsp3) is 0.429. The summed E-state index contributed by atoms with van der Waals surface area (Å²) < 4.78 is 20.1. The minimum atomic E-state index is -0.0892. The molecular weight excluding hydrogens is 432 g/mol. The topological polar surface area (TPSA) is 105 Å². The molecule has 1 aliphatic rings. The predicted octanol–water partition coefficient (Wildman–Crippen LogP) is 2.72. The molecule has 1 amide bonds. The minimum Gasteiger partial charge on any atom is -0.476 e. The number of rotatable bonds is 10. The van der Waals surface area contributed by atoms with E-state index in [1.807, 2.05) is 54.4 Å². The normalized spacial score (nSPS) is 12.2. The van der Waals surface area contributed by atoms with E-state index in [0.29, 0.717) is 42.3 Å². The van der Waals surface area contributed by atoms with Crippen LogP contribution in [-0.2, 0) is 24.4 Å². The largest absolute Gasteiger partial charge is 0.476 e. The van der Waals surface area contributed by atoms with E-state index in [4.69, 9.17) is 14.2 Å². The van der Waals surface area contributed by atoms with Gasteiger partial charge in [0.2, 0.25) is 18.6 Å². The Hall–Kier alpha value is -3.21. The molecule has 1 aromatic carbocycles. The SMILES string of the molecule is CCOc1nn(CC)cc1-c1nnc(SCC(=O)NCc2ccc3c(c2)OCO3)n1CC. The van der Waals surface area contributed by atoms with Gasteiger partial charge in [0.15, 0.2) is 22.5 Å². The summed E-state index contributed by atoms with van der Waals surface area (Å²) in [5, 5.41) is 16.7. The first-order chi connectivity index (χ1) is 15.6. The zero-order valence-electron chi connectivity index (χ0n) is 18.3. The lowest BCUT2D eigenvalue weighted by atomic mass is 10.2. The van der Waals surface area contributed by atoms with Crippen molar-refractivity contribution in [3.8, 4) is 28.8 Å². The number of nitrogens with zero attached hydrogens (tertiary/aromatic N) is 5. The van der Waals surface area contributed by atoms with Gasteiger partial charge in [0.25, 0.3) is 0 Å². The Kier molecular flexibility index (Phi) is 6.84. The molecule has 1 aliphatic heterocycles. The van der Waals surface area contributed by atoms with Gasteiger partial charge in [-0.2, -0.15) is 0 Å². The number of nitrogens with one attached hydrogen (secondary N) is 1. The maximum atomic E-state index is 12.4. The highest BCUT2D eigenvalue weighted by molar-refractivity contribution is 7.99. The van der Waals surface area contributed by atoms with Crippen molar-refractivity contribution in [3.05, 3.63) is 30.0 Å². The Bertz CT molecular complexity index is 1100. The molecule has 11 heteroatoms. The van der Waals surface area contributed by atoms with Gasteiger partial charge in [0, 0.05) is 25.8 Å². The van der Waals surface area contributed by atoms with Crippen LogP contribution in [0.2, 0.25) is 0 Å². The van der Waals surface area contributed by atoms with Crippen LogP contribution < -0.4 is 19.5 Å². The van der Waals surface area contributed by atoms with Gasteiger partial charge in [-0.15, -0.1) is 15.3 Å². The molecule has 4 rings (SSSR count). The summed E-state index contributed by atoms with van der Waals surface area (Å²) in [5.74, 6) is 2.78. The molecule has 3 heterocycles. The van der Waals surface area contributed by atoms with Crippen molar-refractivity contribution in [1.82, 2.24) is 29.9 Å². The van der Waals surface area contributed by atoms with E-state index in [1.54, 1.807) is 0 Å². The smallest absolute Gasteiger partial charge is 0.243 e. The molecule has 0 unspecified atom stereocenters. The third kappa shape index (κ3) is 4.67. The predicted molar refractivity (Wildman–Crippen MR) is 119 cm³/mol. The highest BCUT2D eigenvalue weighted by Gasteiger charge is 2.21. The second-order valence-electron chi connectivity index (χ2n) is 6.94. The lowest BCUT2D eigenvalue weighted by Crippen LogP contribution is -2.24. The van der Waals surface area contributed by atoms with E-state index < -0.39 is 0 Å². The Morgan fingerprint density at radius 3 is 2.81 bits per heavy atom. The first kappa shape index (κ1) is 22.0. The molecule has 0 saturated heterocycles. The maximum Gasteiger partial charge on any atom is 0.243 e. The average Bonchev–Trinajstić information content (AvgIpc) is 3.53. The fourth-order valence-electron chi connectivity index (χ4n) is 3.27. The van der Waals surface area contributed by atoms with Crippen LogP contribution in [0.4, 0.5) is 0 Å². The van der Waals surface area contributed by atoms with E-state index in [-0.39, 0.29) is 18.5 Å². The number of carbonyl (C=O) groups excluding carboxylic acids is 1. The lowest BCUT2D eigenvalue weighted by molar-refractivity contribution is -0.118. The monoisotopic (exact) mass is 458 g/mol. The van der Waals surface area contributed by atoms with Gasteiger partial charge in [-0.3, -0.25) is 9.48 Å². The molecule has 10 nitrogen and oxygen atoms in total. The molecular formula is C21H26N6O4S. The molecule has 0 radical (unpaired) electrons. The van der Waals surface area contributed by atoms with Crippen LogP contribution in [0.5, 0.6) is 17.4 Å². The van der Waals surface area contributed by atoms with Gasteiger partial charge < -0.3 is 24.1 Å². The number of carbonyl (C=O) groups is 1. The average molecular weight is 459 g/mol. The highest BCUT2D eigenvalue weighted by atomic mass is 32.2. The Balaban J connectivity index is 1.39. The van der Waals surface area contributed by atoms with Crippen molar-refractivity contribution >= 4 is 17.7 Å². The summed E-state index contributed by atoms with van der Waals surface area (Å²) in [6, 6.07) is 5.64. The minimum absolute atomic E-state index is 0.0892. The molecule has 0 fully saturated rings. The van der Waals surface area contributed by atoms with Crippen molar-refractivity contribution in [2.24, 2.45) is 0 Å². The van der Waals surface area contributed by atoms with Gasteiger partial charge in [-0.05, 0) is 38.5 Å². The third-order valence-corrected chi connectivity index (χ3v) is 5.83. The van der Waals surface area contributed by atoms with Crippen LogP contribution in [0.15, 0.2) is 29.6 Å². The molecule has 0 bridgehead atoms. The molecule has 1 N–H and O–H groups in total. The zero-order chi connectivity index (χ0) is 22.5. The van der Waals surface area contributed by atoms with Crippen molar-refractivity contribution in [1.29, 1.82) is 0 Å². The highest BCUT2D eigenvalue weighted by Crippen LogP contribution is 2.33. The summed E-state index contributed by atoms with van der Waals surface area (Å²) in [4.78, 5) is 12.4. The summed E-state index contributed by atoms with van der Waals surface area (Å²) >= 11 is 1.35. The number of ether oxygens (including phenoxy) is 3. The van der Waals surface area contributed by atoms with Crippen molar-refractivity contribution in [2.75, 3.05) is 19.2 Å². The van der Waals surface area contributed by atoms with E-state index in [2.05, 4.69) is 20.6 Å². The quantitative estimate of drug-likeness (QED) is 0.463. The van der Waals surface area contributed by atoms with Crippen molar-refractivity contribution in [2.45, 2.75) is 45.6 Å². The summed E-state index contributed by atoms with van der Waals surface area (Å²) in [5.41, 5.74) is 1.74. The Labute approximate surface area is 190 Å². The van der Waals surface area contributed by atoms with E-state index in [0.717, 1.165) is 23.4 Å². The van der Waals surface area contributed by atoms with E-state index >= 15 is 0 Å². The second kappa shape index (κ2) is 9.94. The number of hydrogen-bond donors (Lipinski definition) is 1. The Morgan fingerprint density at radius 2 is 2.03 bits per heavy atom. The summed E-state index contributed by atoms with van der Waals surface area (Å²) in [6.07, 6.45) is 1.91. The number of benzene rings is 1. The first-order valence-corrected chi connectivity index (χ1v) is 11.5. The molecule has 0 spiro atoms. The van der Waals surface area contributed by atoms with Crippen molar-refractivity contribution in [3.63, 3.8) is 0 Å². The second-order valence-corrected chi connectivity index (χ2v) is 7.88. The number of aryl methyl sites for hydroxylation is 1. The third-order valence-electron chi connectivity index (χ3n) is 4.87. The number of amides is 1. The maximum absolute atomic E-state index is 12.4. The number of thioether (sulfide) groups is 1. The number of fused-ring (bicyclic) bond motifs is 1. The molecule has 0 aliphatic carbocycles. The molecule has 0 atom stereocenters.